The van der Waals surface area contributed by atoms with E-state index in [1.165, 1.54) is 0 Å². The van der Waals surface area contributed by atoms with Crippen molar-refractivity contribution in [2.75, 3.05) is 32.8 Å². The first-order valence-corrected chi connectivity index (χ1v) is 10.4. The highest BCUT2D eigenvalue weighted by Gasteiger charge is 2.24. The number of aromatic nitrogens is 2. The lowest BCUT2D eigenvalue weighted by Crippen LogP contribution is -2.50. The van der Waals surface area contributed by atoms with Crippen molar-refractivity contribution in [3.63, 3.8) is 0 Å². The number of benzene rings is 1. The number of amides is 2. The zero-order valence-electron chi connectivity index (χ0n) is 18.2. The number of aryl methyl sites for hydroxylation is 1. The van der Waals surface area contributed by atoms with Gasteiger partial charge in [0.1, 0.15) is 0 Å². The van der Waals surface area contributed by atoms with Gasteiger partial charge < -0.3 is 14.5 Å². The molecule has 30 heavy (non-hydrogen) atoms. The quantitative estimate of drug-likeness (QED) is 0.708. The first kappa shape index (κ1) is 21.6. The van der Waals surface area contributed by atoms with Crippen LogP contribution in [0.2, 0.25) is 0 Å². The van der Waals surface area contributed by atoms with Gasteiger partial charge in [-0.1, -0.05) is 32.0 Å². The Morgan fingerprint density at radius 3 is 2.33 bits per heavy atom. The van der Waals surface area contributed by atoms with Crippen LogP contribution >= 0.6 is 0 Å². The van der Waals surface area contributed by atoms with Gasteiger partial charge in [0.25, 0.3) is 0 Å². The maximum Gasteiger partial charge on any atom is 0.409 e. The van der Waals surface area contributed by atoms with Crippen molar-refractivity contribution in [1.82, 2.24) is 19.6 Å². The second-order valence-corrected chi connectivity index (χ2v) is 7.95. The topological polar surface area (TPSA) is 67.7 Å². The zero-order chi connectivity index (χ0) is 21.7. The first-order chi connectivity index (χ1) is 14.4. The molecule has 0 radical (unpaired) electrons. The molecule has 1 aromatic heterocycles. The average molecular weight is 411 g/mol. The van der Waals surface area contributed by atoms with Crippen LogP contribution in [0.4, 0.5) is 4.79 Å². The van der Waals surface area contributed by atoms with Crippen LogP contribution in [0, 0.1) is 19.8 Å². The Kier molecular flexibility index (Phi) is 6.92. The average Bonchev–Trinajstić information content (AvgIpc) is 3.04. The minimum Gasteiger partial charge on any atom is -0.449 e. The van der Waals surface area contributed by atoms with E-state index in [-0.39, 0.29) is 12.0 Å². The number of carbonyl (C=O) groups is 2. The molecule has 2 heterocycles. The minimum atomic E-state index is -0.300. The number of piperazine rings is 1. The van der Waals surface area contributed by atoms with Crippen molar-refractivity contribution >= 4 is 18.1 Å². The van der Waals surface area contributed by atoms with Gasteiger partial charge in [-0.15, -0.1) is 0 Å². The van der Waals surface area contributed by atoms with Crippen molar-refractivity contribution in [2.45, 2.75) is 27.7 Å². The van der Waals surface area contributed by atoms with Gasteiger partial charge in [-0.3, -0.25) is 4.79 Å². The second kappa shape index (κ2) is 9.61. The Balaban J connectivity index is 1.60. The van der Waals surface area contributed by atoms with Crippen LogP contribution in [-0.2, 0) is 9.53 Å². The predicted octanol–water partition coefficient (Wildman–Crippen LogP) is 3.44. The summed E-state index contributed by atoms with van der Waals surface area (Å²) in [6, 6.07) is 9.93. The molecule has 1 aliphatic heterocycles. The van der Waals surface area contributed by atoms with E-state index in [1.807, 2.05) is 68.8 Å². The van der Waals surface area contributed by atoms with Gasteiger partial charge in [-0.05, 0) is 38.0 Å². The van der Waals surface area contributed by atoms with Crippen LogP contribution in [0.25, 0.3) is 11.8 Å². The van der Waals surface area contributed by atoms with Gasteiger partial charge in [0.2, 0.25) is 5.91 Å². The second-order valence-electron chi connectivity index (χ2n) is 7.95. The summed E-state index contributed by atoms with van der Waals surface area (Å²) < 4.78 is 7.16. The van der Waals surface area contributed by atoms with Gasteiger partial charge in [-0.25, -0.2) is 9.48 Å². The molecule has 0 saturated carbocycles. The molecule has 2 aromatic rings. The summed E-state index contributed by atoms with van der Waals surface area (Å²) in [5.74, 6) is 0.247. The molecule has 160 valence electrons. The Morgan fingerprint density at radius 2 is 1.70 bits per heavy atom. The Bertz CT molecular complexity index is 910. The minimum absolute atomic E-state index is 0.0588. The molecule has 3 rings (SSSR count). The fourth-order valence-corrected chi connectivity index (χ4v) is 3.42. The van der Waals surface area contributed by atoms with Crippen LogP contribution in [0.5, 0.6) is 0 Å². The Labute approximate surface area is 177 Å². The van der Waals surface area contributed by atoms with Crippen LogP contribution in [-0.4, -0.2) is 64.4 Å². The summed E-state index contributed by atoms with van der Waals surface area (Å²) in [5.41, 5.74) is 3.80. The summed E-state index contributed by atoms with van der Waals surface area (Å²) in [6.07, 6.45) is 3.13. The maximum atomic E-state index is 12.6. The molecular formula is C23H30N4O3. The number of ether oxygens (including phenoxy) is 1. The highest BCUT2D eigenvalue weighted by Crippen LogP contribution is 2.19. The van der Waals surface area contributed by atoms with E-state index in [1.54, 1.807) is 15.9 Å². The van der Waals surface area contributed by atoms with Gasteiger partial charge >= 0.3 is 6.09 Å². The number of hydrogen-bond donors (Lipinski definition) is 0. The van der Waals surface area contributed by atoms with Crippen LogP contribution in [0.15, 0.2) is 36.4 Å². The SMILES string of the molecule is Cc1nn(-c2ccccc2)c(C)c1/C=C/C(=O)N1CCN(C(=O)OCC(C)C)CC1. The highest BCUT2D eigenvalue weighted by atomic mass is 16.6. The number of para-hydroxylation sites is 1. The molecule has 0 aliphatic carbocycles. The van der Waals surface area contributed by atoms with E-state index in [0.717, 1.165) is 22.6 Å². The number of nitrogens with zero attached hydrogens (tertiary/aromatic N) is 4. The van der Waals surface area contributed by atoms with Crippen molar-refractivity contribution in [3.05, 3.63) is 53.4 Å². The lowest BCUT2D eigenvalue weighted by molar-refractivity contribution is -0.127. The highest BCUT2D eigenvalue weighted by molar-refractivity contribution is 5.92. The Hall–Kier alpha value is -3.09. The summed E-state index contributed by atoms with van der Waals surface area (Å²) in [6.45, 7) is 10.3. The fourth-order valence-electron chi connectivity index (χ4n) is 3.42. The van der Waals surface area contributed by atoms with E-state index in [4.69, 9.17) is 4.74 Å². The normalized spacial score (nSPS) is 14.6. The van der Waals surface area contributed by atoms with Crippen molar-refractivity contribution < 1.29 is 14.3 Å². The van der Waals surface area contributed by atoms with Gasteiger partial charge in [-0.2, -0.15) is 5.10 Å². The first-order valence-electron chi connectivity index (χ1n) is 10.4. The van der Waals surface area contributed by atoms with Crippen molar-refractivity contribution in [3.8, 4) is 5.69 Å². The van der Waals surface area contributed by atoms with Crippen molar-refractivity contribution in [1.29, 1.82) is 0 Å². The summed E-state index contributed by atoms with van der Waals surface area (Å²) in [5, 5.41) is 4.61. The third-order valence-corrected chi connectivity index (χ3v) is 5.13. The third-order valence-electron chi connectivity index (χ3n) is 5.13. The van der Waals surface area contributed by atoms with Crippen LogP contribution in [0.1, 0.15) is 30.8 Å². The molecule has 1 aromatic carbocycles. The number of rotatable bonds is 5. The summed E-state index contributed by atoms with van der Waals surface area (Å²) >= 11 is 0. The molecule has 0 spiro atoms. The van der Waals surface area contributed by atoms with Crippen LogP contribution in [0.3, 0.4) is 0 Å². The number of carbonyl (C=O) groups excluding carboxylic acids is 2. The summed E-state index contributed by atoms with van der Waals surface area (Å²) in [4.78, 5) is 28.1. The molecule has 2 amide bonds. The van der Waals surface area contributed by atoms with Crippen LogP contribution < -0.4 is 0 Å². The molecular weight excluding hydrogens is 380 g/mol. The van der Waals surface area contributed by atoms with E-state index in [9.17, 15) is 9.59 Å². The molecule has 0 unspecified atom stereocenters. The molecule has 7 nitrogen and oxygen atoms in total. The van der Waals surface area contributed by atoms with E-state index in [0.29, 0.717) is 38.7 Å². The van der Waals surface area contributed by atoms with Crippen molar-refractivity contribution in [2.24, 2.45) is 5.92 Å². The molecule has 0 bridgehead atoms. The largest absolute Gasteiger partial charge is 0.449 e. The lowest BCUT2D eigenvalue weighted by Gasteiger charge is -2.33. The van der Waals surface area contributed by atoms with Gasteiger partial charge in [0, 0.05) is 43.5 Å². The van der Waals surface area contributed by atoms with E-state index >= 15 is 0 Å². The predicted molar refractivity (Wildman–Crippen MR) is 116 cm³/mol. The smallest absolute Gasteiger partial charge is 0.409 e. The zero-order valence-corrected chi connectivity index (χ0v) is 18.2. The molecule has 1 fully saturated rings. The lowest BCUT2D eigenvalue weighted by atomic mass is 10.1. The van der Waals surface area contributed by atoms with Gasteiger partial charge in [0.15, 0.2) is 0 Å². The van der Waals surface area contributed by atoms with E-state index in [2.05, 4.69) is 5.10 Å². The maximum absolute atomic E-state index is 12.6. The molecule has 1 saturated heterocycles. The summed E-state index contributed by atoms with van der Waals surface area (Å²) in [7, 11) is 0. The molecule has 0 atom stereocenters. The van der Waals surface area contributed by atoms with E-state index < -0.39 is 0 Å². The Morgan fingerprint density at radius 1 is 1.07 bits per heavy atom. The molecule has 0 N–H and O–H groups in total. The number of hydrogen-bond acceptors (Lipinski definition) is 4. The van der Waals surface area contributed by atoms with Gasteiger partial charge in [0.05, 0.1) is 18.0 Å². The molecule has 1 aliphatic rings. The standard InChI is InChI=1S/C23H30N4O3/c1-17(2)16-30-23(29)26-14-12-25(13-15-26)22(28)11-10-21-18(3)24-27(19(21)4)20-8-6-5-7-9-20/h5-11,17H,12-16H2,1-4H3/b11-10+. The molecule has 7 heteroatoms. The fraction of sp³-hybridized carbons (Fsp3) is 0.435. The monoisotopic (exact) mass is 410 g/mol. The third kappa shape index (κ3) is 5.09.